The molecule has 6 nitrogen and oxygen atoms in total. The van der Waals surface area contributed by atoms with Gasteiger partial charge in [-0.1, -0.05) is 30.3 Å². The van der Waals surface area contributed by atoms with Crippen LogP contribution in [0.2, 0.25) is 0 Å². The van der Waals surface area contributed by atoms with E-state index in [0.29, 0.717) is 60.9 Å². The molecule has 5 rings (SSSR count). The maximum absolute atomic E-state index is 14.9. The maximum Gasteiger partial charge on any atom is 0.206 e. The molecule has 2 N–H and O–H groups in total. The van der Waals surface area contributed by atoms with Crippen molar-refractivity contribution in [1.29, 1.82) is 0 Å². The molecule has 0 atom stereocenters. The molecule has 2 aromatic heterocycles. The fourth-order valence-electron chi connectivity index (χ4n) is 3.73. The van der Waals surface area contributed by atoms with Gasteiger partial charge in [-0.2, -0.15) is 0 Å². The molecule has 0 unspecified atom stereocenters. The Hall–Kier alpha value is -3.19. The van der Waals surface area contributed by atoms with Gasteiger partial charge in [-0.25, -0.2) is 14.4 Å². The van der Waals surface area contributed by atoms with Crippen molar-refractivity contribution < 1.29 is 9.13 Å². The van der Waals surface area contributed by atoms with E-state index >= 15 is 0 Å². The summed E-state index contributed by atoms with van der Waals surface area (Å²) in [5.41, 5.74) is 10.0. The molecule has 0 radical (unpaired) electrons. The van der Waals surface area contributed by atoms with Crippen LogP contribution >= 0.6 is 0 Å². The predicted molar refractivity (Wildman–Crippen MR) is 107 cm³/mol. The molecule has 3 heterocycles. The lowest BCUT2D eigenvalue weighted by molar-refractivity contribution is 0.122. The van der Waals surface area contributed by atoms with Crippen LogP contribution in [0.4, 0.5) is 16.0 Å². The van der Waals surface area contributed by atoms with Crippen LogP contribution in [0.1, 0.15) is 11.3 Å². The van der Waals surface area contributed by atoms with Gasteiger partial charge in [0.05, 0.1) is 30.1 Å². The first-order chi connectivity index (χ1) is 13.7. The number of hydrogen-bond donors (Lipinski definition) is 1. The fraction of sp³-hybridized carbons (Fsp3) is 0.238. The van der Waals surface area contributed by atoms with E-state index in [1.807, 2.05) is 29.3 Å². The third-order valence-electron chi connectivity index (χ3n) is 5.12. The van der Waals surface area contributed by atoms with E-state index in [9.17, 15) is 4.39 Å². The maximum atomic E-state index is 14.9. The van der Waals surface area contributed by atoms with Crippen molar-refractivity contribution in [3.8, 4) is 0 Å². The summed E-state index contributed by atoms with van der Waals surface area (Å²) >= 11 is 0. The Kier molecular flexibility index (Phi) is 4.09. The number of benzene rings is 2. The van der Waals surface area contributed by atoms with Crippen molar-refractivity contribution in [2.45, 2.75) is 6.42 Å². The number of halogens is 1. The number of rotatable bonds is 3. The van der Waals surface area contributed by atoms with Crippen molar-refractivity contribution in [3.05, 3.63) is 65.7 Å². The van der Waals surface area contributed by atoms with Gasteiger partial charge >= 0.3 is 0 Å². The molecule has 0 saturated carbocycles. The molecule has 2 aromatic carbocycles. The number of ether oxygens (including phenoxy) is 1. The smallest absolute Gasteiger partial charge is 0.206 e. The summed E-state index contributed by atoms with van der Waals surface area (Å²) in [5.74, 6) is 0.0596. The number of imidazole rings is 1. The van der Waals surface area contributed by atoms with Gasteiger partial charge in [0.25, 0.3) is 0 Å². The van der Waals surface area contributed by atoms with Crippen molar-refractivity contribution in [2.24, 2.45) is 0 Å². The zero-order chi connectivity index (χ0) is 19.1. The lowest BCUT2D eigenvalue weighted by atomic mass is 10.1. The van der Waals surface area contributed by atoms with Crippen molar-refractivity contribution in [1.82, 2.24) is 14.4 Å². The molecule has 28 heavy (non-hydrogen) atoms. The van der Waals surface area contributed by atoms with E-state index in [1.54, 1.807) is 10.5 Å². The fourth-order valence-corrected chi connectivity index (χ4v) is 3.73. The van der Waals surface area contributed by atoms with Gasteiger partial charge in [0.2, 0.25) is 5.95 Å². The Morgan fingerprint density at radius 3 is 2.64 bits per heavy atom. The van der Waals surface area contributed by atoms with Gasteiger partial charge in [-0.3, -0.25) is 4.40 Å². The average Bonchev–Trinajstić information content (AvgIpc) is 3.14. The van der Waals surface area contributed by atoms with E-state index in [1.165, 1.54) is 6.07 Å². The van der Waals surface area contributed by atoms with E-state index in [0.717, 1.165) is 11.3 Å². The highest BCUT2D eigenvalue weighted by Crippen LogP contribution is 2.29. The van der Waals surface area contributed by atoms with Crippen LogP contribution < -0.4 is 10.6 Å². The molecule has 1 aliphatic rings. The number of anilines is 2. The monoisotopic (exact) mass is 377 g/mol. The third-order valence-corrected chi connectivity index (χ3v) is 5.12. The highest BCUT2D eigenvalue weighted by molar-refractivity contribution is 5.94. The molecule has 0 amide bonds. The third kappa shape index (κ3) is 2.93. The van der Waals surface area contributed by atoms with Crippen LogP contribution in [0, 0.1) is 5.82 Å². The predicted octanol–water partition coefficient (Wildman–Crippen LogP) is 3.03. The number of fused-ring (bicyclic) bond motifs is 3. The van der Waals surface area contributed by atoms with Crippen LogP contribution in [0.25, 0.3) is 16.6 Å². The summed E-state index contributed by atoms with van der Waals surface area (Å²) in [5, 5.41) is 0.656. The summed E-state index contributed by atoms with van der Waals surface area (Å²) in [6.07, 6.45) is 2.55. The van der Waals surface area contributed by atoms with Crippen LogP contribution in [-0.4, -0.2) is 40.7 Å². The van der Waals surface area contributed by atoms with Crippen molar-refractivity contribution >= 4 is 28.2 Å². The van der Waals surface area contributed by atoms with Crippen molar-refractivity contribution in [2.75, 3.05) is 36.9 Å². The molecule has 1 aliphatic heterocycles. The Bertz CT molecular complexity index is 1150. The SMILES string of the molecule is Nc1nc2cc(N3CCOCC3)c(F)cc2c2nc(Cc3ccccc3)cn12. The quantitative estimate of drug-likeness (QED) is 0.594. The number of aromatic nitrogens is 3. The number of hydrogen-bond acceptors (Lipinski definition) is 5. The lowest BCUT2D eigenvalue weighted by Crippen LogP contribution is -2.36. The van der Waals surface area contributed by atoms with Crippen LogP contribution in [0.15, 0.2) is 48.7 Å². The lowest BCUT2D eigenvalue weighted by Gasteiger charge is -2.29. The van der Waals surface area contributed by atoms with Gasteiger partial charge in [0, 0.05) is 31.1 Å². The standard InChI is InChI=1S/C21H20FN5O/c22-17-11-16-18(12-19(17)26-6-8-28-9-7-26)25-21(23)27-13-15(24-20(16)27)10-14-4-2-1-3-5-14/h1-5,11-13H,6-10H2,(H2,23,25). The van der Waals surface area contributed by atoms with E-state index in [2.05, 4.69) is 17.1 Å². The van der Waals surface area contributed by atoms with E-state index < -0.39 is 0 Å². The average molecular weight is 377 g/mol. The first-order valence-corrected chi connectivity index (χ1v) is 9.32. The van der Waals surface area contributed by atoms with Crippen molar-refractivity contribution in [3.63, 3.8) is 0 Å². The first kappa shape index (κ1) is 16.9. The molecular formula is C21H20FN5O. The molecule has 1 saturated heterocycles. The summed E-state index contributed by atoms with van der Waals surface area (Å²) in [7, 11) is 0. The van der Waals surface area contributed by atoms with Gasteiger partial charge in [0.1, 0.15) is 11.5 Å². The highest BCUT2D eigenvalue weighted by atomic mass is 19.1. The highest BCUT2D eigenvalue weighted by Gasteiger charge is 2.19. The zero-order valence-corrected chi connectivity index (χ0v) is 15.3. The number of nitrogens with zero attached hydrogens (tertiary/aromatic N) is 4. The Labute approximate surface area is 161 Å². The Morgan fingerprint density at radius 1 is 1.07 bits per heavy atom. The van der Waals surface area contributed by atoms with Crippen LogP contribution in [0.3, 0.4) is 0 Å². The number of nitrogens with two attached hydrogens (primary N) is 1. The van der Waals surface area contributed by atoms with Gasteiger partial charge in [0.15, 0.2) is 0 Å². The Balaban J connectivity index is 1.61. The molecule has 0 spiro atoms. The summed E-state index contributed by atoms with van der Waals surface area (Å²) in [4.78, 5) is 11.2. The molecule has 4 aromatic rings. The van der Waals surface area contributed by atoms with Gasteiger partial charge in [-0.15, -0.1) is 0 Å². The summed E-state index contributed by atoms with van der Waals surface area (Å²) in [6, 6.07) is 13.4. The minimum Gasteiger partial charge on any atom is -0.378 e. The van der Waals surface area contributed by atoms with E-state index in [4.69, 9.17) is 15.5 Å². The second kappa shape index (κ2) is 6.76. The molecule has 0 bridgehead atoms. The first-order valence-electron chi connectivity index (χ1n) is 9.32. The number of morpholine rings is 1. The van der Waals surface area contributed by atoms with Crippen LogP contribution in [-0.2, 0) is 11.2 Å². The summed E-state index contributed by atoms with van der Waals surface area (Å²) < 4.78 is 22.0. The normalized spacial score (nSPS) is 14.8. The number of nitrogen functional groups attached to an aromatic ring is 1. The minimum absolute atomic E-state index is 0.282. The largest absolute Gasteiger partial charge is 0.378 e. The van der Waals surface area contributed by atoms with Gasteiger partial charge in [-0.05, 0) is 17.7 Å². The van der Waals surface area contributed by atoms with Crippen LogP contribution in [0.5, 0.6) is 0 Å². The van der Waals surface area contributed by atoms with E-state index in [-0.39, 0.29) is 5.82 Å². The molecule has 1 fully saturated rings. The molecular weight excluding hydrogens is 357 g/mol. The minimum atomic E-state index is -0.282. The van der Waals surface area contributed by atoms with Gasteiger partial charge < -0.3 is 15.4 Å². The summed E-state index contributed by atoms with van der Waals surface area (Å²) in [6.45, 7) is 2.50. The Morgan fingerprint density at radius 2 is 1.86 bits per heavy atom. The second-order valence-electron chi connectivity index (χ2n) is 6.98. The molecule has 0 aliphatic carbocycles. The second-order valence-corrected chi connectivity index (χ2v) is 6.98. The zero-order valence-electron chi connectivity index (χ0n) is 15.3. The topological polar surface area (TPSA) is 68.7 Å². The molecule has 142 valence electrons. The molecule has 7 heteroatoms.